The molecule has 0 saturated heterocycles. The lowest BCUT2D eigenvalue weighted by atomic mass is 10.1. The standard InChI is InChI=1S/C12H26O3Si/c1-6-11(13)12(7-2)15-10-14-8-9-16(3,4)5/h7,11-13H,2,6,8-10H2,1,3-5H3/t11-,12-/m1/s1. The molecule has 0 bridgehead atoms. The zero-order valence-electron chi connectivity index (χ0n) is 11.0. The Balaban J connectivity index is 3.60. The highest BCUT2D eigenvalue weighted by Crippen LogP contribution is 2.08. The summed E-state index contributed by atoms with van der Waals surface area (Å²) in [7, 11) is -1.02. The molecular weight excluding hydrogens is 220 g/mol. The third-order valence-electron chi connectivity index (χ3n) is 2.37. The normalized spacial score (nSPS) is 15.8. The van der Waals surface area contributed by atoms with Crippen LogP contribution in [0.25, 0.3) is 0 Å². The average molecular weight is 246 g/mol. The topological polar surface area (TPSA) is 38.7 Å². The maximum Gasteiger partial charge on any atom is 0.147 e. The predicted molar refractivity (Wildman–Crippen MR) is 70.3 cm³/mol. The van der Waals surface area contributed by atoms with Crippen LogP contribution in [0, 0.1) is 0 Å². The predicted octanol–water partition coefficient (Wildman–Crippen LogP) is 2.64. The molecule has 0 radical (unpaired) electrons. The molecule has 16 heavy (non-hydrogen) atoms. The van der Waals surface area contributed by atoms with E-state index in [-0.39, 0.29) is 12.9 Å². The molecule has 0 saturated carbocycles. The summed E-state index contributed by atoms with van der Waals surface area (Å²) >= 11 is 0. The van der Waals surface area contributed by atoms with Gasteiger partial charge in [-0.2, -0.15) is 0 Å². The lowest BCUT2D eigenvalue weighted by molar-refractivity contribution is -0.105. The zero-order chi connectivity index (χ0) is 12.6. The smallest absolute Gasteiger partial charge is 0.147 e. The van der Waals surface area contributed by atoms with Crippen molar-refractivity contribution in [3.8, 4) is 0 Å². The fraction of sp³-hybridized carbons (Fsp3) is 0.833. The minimum Gasteiger partial charge on any atom is -0.390 e. The van der Waals surface area contributed by atoms with Crippen molar-refractivity contribution in [1.29, 1.82) is 0 Å². The fourth-order valence-corrected chi connectivity index (χ4v) is 1.89. The van der Waals surface area contributed by atoms with Crippen molar-refractivity contribution >= 4 is 8.07 Å². The van der Waals surface area contributed by atoms with Gasteiger partial charge >= 0.3 is 0 Å². The van der Waals surface area contributed by atoms with Crippen LogP contribution in [0.3, 0.4) is 0 Å². The lowest BCUT2D eigenvalue weighted by Gasteiger charge is -2.20. The van der Waals surface area contributed by atoms with Crippen molar-refractivity contribution in [2.24, 2.45) is 0 Å². The van der Waals surface area contributed by atoms with Gasteiger partial charge in [0.25, 0.3) is 0 Å². The fourth-order valence-electron chi connectivity index (χ4n) is 1.13. The number of hydrogen-bond acceptors (Lipinski definition) is 3. The molecule has 0 aliphatic heterocycles. The first-order valence-corrected chi connectivity index (χ1v) is 9.61. The third-order valence-corrected chi connectivity index (χ3v) is 4.07. The molecule has 0 unspecified atom stereocenters. The SMILES string of the molecule is C=C[C@@H](OCOCC[Si](C)(C)C)[C@H](O)CC. The van der Waals surface area contributed by atoms with Crippen molar-refractivity contribution in [3.05, 3.63) is 12.7 Å². The van der Waals surface area contributed by atoms with Crippen LogP contribution in [0.15, 0.2) is 12.7 Å². The molecule has 0 aromatic heterocycles. The van der Waals surface area contributed by atoms with Crippen LogP contribution in [-0.4, -0.2) is 38.8 Å². The van der Waals surface area contributed by atoms with E-state index in [1.165, 1.54) is 0 Å². The van der Waals surface area contributed by atoms with Gasteiger partial charge in [0.15, 0.2) is 0 Å². The molecular formula is C12H26O3Si. The summed E-state index contributed by atoms with van der Waals surface area (Å²) < 4.78 is 10.8. The summed E-state index contributed by atoms with van der Waals surface area (Å²) in [5.74, 6) is 0. The van der Waals surface area contributed by atoms with E-state index in [0.717, 1.165) is 12.7 Å². The quantitative estimate of drug-likeness (QED) is 0.294. The Hall–Kier alpha value is -0.163. The van der Waals surface area contributed by atoms with Crippen LogP contribution in [0.2, 0.25) is 25.7 Å². The van der Waals surface area contributed by atoms with Crippen LogP contribution in [-0.2, 0) is 9.47 Å². The van der Waals surface area contributed by atoms with Gasteiger partial charge in [0.2, 0.25) is 0 Å². The maximum atomic E-state index is 9.56. The van der Waals surface area contributed by atoms with Gasteiger partial charge in [0.05, 0.1) is 6.10 Å². The van der Waals surface area contributed by atoms with E-state index in [4.69, 9.17) is 9.47 Å². The maximum absolute atomic E-state index is 9.56. The number of aliphatic hydroxyl groups excluding tert-OH is 1. The summed E-state index contributed by atoms with van der Waals surface area (Å²) in [5.41, 5.74) is 0. The summed E-state index contributed by atoms with van der Waals surface area (Å²) in [4.78, 5) is 0. The Morgan fingerprint density at radius 1 is 1.38 bits per heavy atom. The third kappa shape index (κ3) is 8.04. The van der Waals surface area contributed by atoms with E-state index < -0.39 is 14.2 Å². The van der Waals surface area contributed by atoms with Gasteiger partial charge in [-0.25, -0.2) is 0 Å². The zero-order valence-corrected chi connectivity index (χ0v) is 12.0. The molecule has 0 amide bonds. The van der Waals surface area contributed by atoms with Gasteiger partial charge in [-0.15, -0.1) is 6.58 Å². The van der Waals surface area contributed by atoms with Gasteiger partial charge in [-0.05, 0) is 12.5 Å². The summed E-state index contributed by atoms with van der Waals surface area (Å²) in [5, 5.41) is 9.56. The van der Waals surface area contributed by atoms with Gasteiger partial charge in [-0.3, -0.25) is 0 Å². The molecule has 0 rings (SSSR count). The largest absolute Gasteiger partial charge is 0.390 e. The van der Waals surface area contributed by atoms with Crippen molar-refractivity contribution in [3.63, 3.8) is 0 Å². The molecule has 0 aromatic rings. The molecule has 0 aliphatic rings. The Morgan fingerprint density at radius 3 is 2.44 bits per heavy atom. The van der Waals surface area contributed by atoms with Gasteiger partial charge in [0, 0.05) is 14.7 Å². The van der Waals surface area contributed by atoms with Crippen molar-refractivity contribution in [2.45, 2.75) is 51.2 Å². The molecule has 0 heterocycles. The van der Waals surface area contributed by atoms with E-state index in [0.29, 0.717) is 6.42 Å². The van der Waals surface area contributed by atoms with E-state index in [1.54, 1.807) is 6.08 Å². The van der Waals surface area contributed by atoms with E-state index in [1.807, 2.05) is 6.92 Å². The Morgan fingerprint density at radius 2 is 2.00 bits per heavy atom. The van der Waals surface area contributed by atoms with Gasteiger partial charge < -0.3 is 14.6 Å². The summed E-state index contributed by atoms with van der Waals surface area (Å²) in [6.07, 6.45) is 1.47. The van der Waals surface area contributed by atoms with E-state index in [2.05, 4.69) is 26.2 Å². The van der Waals surface area contributed by atoms with Crippen LogP contribution < -0.4 is 0 Å². The van der Waals surface area contributed by atoms with Crippen molar-refractivity contribution in [1.82, 2.24) is 0 Å². The Bertz CT molecular complexity index is 189. The lowest BCUT2D eigenvalue weighted by Crippen LogP contribution is -2.28. The van der Waals surface area contributed by atoms with Crippen LogP contribution in [0.1, 0.15) is 13.3 Å². The minimum atomic E-state index is -1.02. The van der Waals surface area contributed by atoms with Gasteiger partial charge in [-0.1, -0.05) is 32.6 Å². The molecule has 4 heteroatoms. The van der Waals surface area contributed by atoms with Crippen LogP contribution in [0.5, 0.6) is 0 Å². The number of ether oxygens (including phenoxy) is 2. The molecule has 96 valence electrons. The van der Waals surface area contributed by atoms with E-state index in [9.17, 15) is 5.11 Å². The Labute approximate surface area is 100 Å². The first-order chi connectivity index (χ1) is 7.40. The molecule has 0 spiro atoms. The number of rotatable bonds is 9. The van der Waals surface area contributed by atoms with E-state index >= 15 is 0 Å². The molecule has 2 atom stereocenters. The molecule has 0 fully saturated rings. The summed E-state index contributed by atoms with van der Waals surface area (Å²) in [6.45, 7) is 13.5. The highest BCUT2D eigenvalue weighted by atomic mass is 28.3. The highest BCUT2D eigenvalue weighted by molar-refractivity contribution is 6.76. The van der Waals surface area contributed by atoms with Crippen molar-refractivity contribution in [2.75, 3.05) is 13.4 Å². The minimum absolute atomic E-state index is 0.234. The van der Waals surface area contributed by atoms with Gasteiger partial charge in [0.1, 0.15) is 12.9 Å². The van der Waals surface area contributed by atoms with Crippen molar-refractivity contribution < 1.29 is 14.6 Å². The second kappa shape index (κ2) is 8.01. The molecule has 3 nitrogen and oxygen atoms in total. The monoisotopic (exact) mass is 246 g/mol. The molecule has 0 aromatic carbocycles. The summed E-state index contributed by atoms with van der Waals surface area (Å²) in [6, 6.07) is 1.13. The average Bonchev–Trinajstić information content (AvgIpc) is 2.21. The number of hydrogen-bond donors (Lipinski definition) is 1. The Kier molecular flexibility index (Phi) is 7.92. The molecule has 0 aliphatic carbocycles. The van der Waals surface area contributed by atoms with Crippen LogP contribution in [0.4, 0.5) is 0 Å². The highest BCUT2D eigenvalue weighted by Gasteiger charge is 2.15. The van der Waals surface area contributed by atoms with Crippen LogP contribution >= 0.6 is 0 Å². The first-order valence-electron chi connectivity index (χ1n) is 5.90. The number of aliphatic hydroxyl groups is 1. The molecule has 1 N–H and O–H groups in total. The second-order valence-electron chi connectivity index (χ2n) is 5.18. The first kappa shape index (κ1) is 15.8. The second-order valence-corrected chi connectivity index (χ2v) is 10.8.